The predicted octanol–water partition coefficient (Wildman–Crippen LogP) is 1.70. The first-order chi connectivity index (χ1) is 14.1. The lowest BCUT2D eigenvalue weighted by Crippen LogP contribution is -2.51. The third-order valence-corrected chi connectivity index (χ3v) is 6.15. The van der Waals surface area contributed by atoms with Crippen molar-refractivity contribution in [1.29, 1.82) is 0 Å². The van der Waals surface area contributed by atoms with Gasteiger partial charge in [0.15, 0.2) is 0 Å². The van der Waals surface area contributed by atoms with Gasteiger partial charge in [0.25, 0.3) is 5.56 Å². The summed E-state index contributed by atoms with van der Waals surface area (Å²) in [5, 5.41) is 4.47. The van der Waals surface area contributed by atoms with Crippen LogP contribution in [0.15, 0.2) is 29.3 Å². The molecule has 3 aliphatic rings. The van der Waals surface area contributed by atoms with Gasteiger partial charge in [-0.1, -0.05) is 0 Å². The average Bonchev–Trinajstić information content (AvgIpc) is 3.66. The molecule has 2 aromatic rings. The Hall–Kier alpha value is -2.77. The topological polar surface area (TPSA) is 84.2 Å². The van der Waals surface area contributed by atoms with Crippen LogP contribution in [0.1, 0.15) is 61.9 Å². The van der Waals surface area contributed by atoms with Gasteiger partial charge >= 0.3 is 0 Å². The van der Waals surface area contributed by atoms with Crippen LogP contribution < -0.4 is 10.5 Å². The molecular formula is C21H26N6O2. The third kappa shape index (κ3) is 3.75. The number of hydrogen-bond acceptors (Lipinski definition) is 6. The molecule has 0 radical (unpaired) electrons. The van der Waals surface area contributed by atoms with Crippen molar-refractivity contribution in [3.05, 3.63) is 46.3 Å². The van der Waals surface area contributed by atoms with Gasteiger partial charge in [-0.3, -0.25) is 9.59 Å². The largest absolute Gasteiger partial charge is 0.353 e. The highest BCUT2D eigenvalue weighted by molar-refractivity contribution is 5.80. The Morgan fingerprint density at radius 3 is 2.38 bits per heavy atom. The molecular weight excluding hydrogens is 368 g/mol. The van der Waals surface area contributed by atoms with Crippen LogP contribution in [0, 0.1) is 0 Å². The first kappa shape index (κ1) is 18.3. The fourth-order valence-corrected chi connectivity index (χ4v) is 3.98. The molecule has 5 rings (SSSR count). The van der Waals surface area contributed by atoms with E-state index in [2.05, 4.69) is 26.0 Å². The number of aromatic nitrogens is 4. The highest BCUT2D eigenvalue weighted by atomic mass is 16.2. The Kier molecular flexibility index (Phi) is 4.56. The molecule has 1 aliphatic heterocycles. The summed E-state index contributed by atoms with van der Waals surface area (Å²) in [5.41, 5.74) is 1.83. The van der Waals surface area contributed by atoms with E-state index in [1.807, 2.05) is 4.90 Å². The second-order valence-corrected chi connectivity index (χ2v) is 8.38. The lowest BCUT2D eigenvalue weighted by Gasteiger charge is -2.36. The second kappa shape index (κ2) is 7.24. The van der Waals surface area contributed by atoms with Gasteiger partial charge in [-0.25, -0.2) is 14.6 Å². The third-order valence-electron chi connectivity index (χ3n) is 6.15. The number of rotatable bonds is 5. The van der Waals surface area contributed by atoms with Crippen LogP contribution >= 0.6 is 0 Å². The fourth-order valence-electron chi connectivity index (χ4n) is 3.98. The summed E-state index contributed by atoms with van der Waals surface area (Å²) < 4.78 is 1.36. The van der Waals surface area contributed by atoms with E-state index in [1.165, 1.54) is 23.6 Å². The van der Waals surface area contributed by atoms with Crippen molar-refractivity contribution in [3.63, 3.8) is 0 Å². The maximum Gasteiger partial charge on any atom is 0.267 e. The summed E-state index contributed by atoms with van der Waals surface area (Å²) in [4.78, 5) is 38.2. The van der Waals surface area contributed by atoms with Crippen molar-refractivity contribution in [2.24, 2.45) is 0 Å². The first-order valence-corrected chi connectivity index (χ1v) is 10.6. The zero-order valence-corrected chi connectivity index (χ0v) is 16.7. The van der Waals surface area contributed by atoms with Gasteiger partial charge in [0.05, 0.1) is 5.69 Å². The molecule has 2 aliphatic carbocycles. The molecule has 3 heterocycles. The lowest BCUT2D eigenvalue weighted by atomic mass is 10.2. The summed E-state index contributed by atoms with van der Waals surface area (Å²) in [6.45, 7) is 4.45. The molecule has 8 heteroatoms. The molecule has 2 aromatic heterocycles. The van der Waals surface area contributed by atoms with Crippen molar-refractivity contribution in [3.8, 4) is 0 Å². The number of amides is 1. The predicted molar refractivity (Wildman–Crippen MR) is 108 cm³/mol. The standard InChI is InChI=1S/C21H26N6O2/c1-14(27-20(28)7-6-17(24-27)15-2-3-15)21(29)26-10-8-25(9-11-26)19-12-18(16-4-5-16)22-13-23-19/h6-7,12-16H,2-5,8-11H2,1H3. The van der Waals surface area contributed by atoms with Crippen molar-refractivity contribution >= 4 is 11.7 Å². The van der Waals surface area contributed by atoms with Gasteiger partial charge in [-0.15, -0.1) is 0 Å². The molecule has 152 valence electrons. The van der Waals surface area contributed by atoms with E-state index in [0.29, 0.717) is 24.9 Å². The summed E-state index contributed by atoms with van der Waals surface area (Å²) in [7, 11) is 0. The molecule has 1 amide bonds. The van der Waals surface area contributed by atoms with Crippen LogP contribution in [0.5, 0.6) is 0 Å². The Morgan fingerprint density at radius 2 is 1.69 bits per heavy atom. The molecule has 0 spiro atoms. The van der Waals surface area contributed by atoms with E-state index in [4.69, 9.17) is 0 Å². The SMILES string of the molecule is CC(C(=O)N1CCN(c2cc(C3CC3)ncn2)CC1)n1nc(C2CC2)ccc1=O. The van der Waals surface area contributed by atoms with Crippen LogP contribution in [0.3, 0.4) is 0 Å². The van der Waals surface area contributed by atoms with Crippen LogP contribution in [-0.4, -0.2) is 56.7 Å². The van der Waals surface area contributed by atoms with Crippen molar-refractivity contribution < 1.29 is 4.79 Å². The van der Waals surface area contributed by atoms with Gasteiger partial charge in [-0.2, -0.15) is 5.10 Å². The van der Waals surface area contributed by atoms with Crippen LogP contribution in [0.2, 0.25) is 0 Å². The zero-order chi connectivity index (χ0) is 20.0. The van der Waals surface area contributed by atoms with Gasteiger partial charge in [0.1, 0.15) is 18.2 Å². The molecule has 8 nitrogen and oxygen atoms in total. The van der Waals surface area contributed by atoms with E-state index in [0.717, 1.165) is 43.1 Å². The molecule has 2 saturated carbocycles. The maximum absolute atomic E-state index is 13.0. The molecule has 1 unspecified atom stereocenters. The highest BCUT2D eigenvalue weighted by Crippen LogP contribution is 2.39. The number of piperazine rings is 1. The summed E-state index contributed by atoms with van der Waals surface area (Å²) >= 11 is 0. The summed E-state index contributed by atoms with van der Waals surface area (Å²) in [6, 6.07) is 4.83. The van der Waals surface area contributed by atoms with E-state index in [1.54, 1.807) is 19.3 Å². The van der Waals surface area contributed by atoms with Crippen molar-refractivity contribution in [2.75, 3.05) is 31.1 Å². The number of carbonyl (C=O) groups excluding carboxylic acids is 1. The second-order valence-electron chi connectivity index (χ2n) is 8.38. The smallest absolute Gasteiger partial charge is 0.267 e. The average molecular weight is 394 g/mol. The van der Waals surface area contributed by atoms with Gasteiger partial charge < -0.3 is 9.80 Å². The molecule has 1 atom stereocenters. The summed E-state index contributed by atoms with van der Waals surface area (Å²) in [6.07, 6.45) is 6.30. The van der Waals surface area contributed by atoms with E-state index in [9.17, 15) is 9.59 Å². The Morgan fingerprint density at radius 1 is 1.00 bits per heavy atom. The van der Waals surface area contributed by atoms with E-state index < -0.39 is 6.04 Å². The number of nitrogens with zero attached hydrogens (tertiary/aromatic N) is 6. The van der Waals surface area contributed by atoms with Crippen LogP contribution in [0.4, 0.5) is 5.82 Å². The molecule has 0 bridgehead atoms. The maximum atomic E-state index is 13.0. The molecule has 29 heavy (non-hydrogen) atoms. The fraction of sp³-hybridized carbons (Fsp3) is 0.571. The molecule has 1 saturated heterocycles. The van der Waals surface area contributed by atoms with Gasteiger partial charge in [0.2, 0.25) is 5.91 Å². The van der Waals surface area contributed by atoms with Crippen molar-refractivity contribution in [2.45, 2.75) is 50.5 Å². The normalized spacial score (nSPS) is 20.6. The number of carbonyl (C=O) groups is 1. The first-order valence-electron chi connectivity index (χ1n) is 10.6. The minimum Gasteiger partial charge on any atom is -0.353 e. The quantitative estimate of drug-likeness (QED) is 0.767. The highest BCUT2D eigenvalue weighted by Gasteiger charge is 2.30. The van der Waals surface area contributed by atoms with E-state index in [-0.39, 0.29) is 11.5 Å². The lowest BCUT2D eigenvalue weighted by molar-refractivity contribution is -0.135. The molecule has 3 fully saturated rings. The molecule has 0 N–H and O–H groups in total. The zero-order valence-electron chi connectivity index (χ0n) is 16.7. The number of hydrogen-bond donors (Lipinski definition) is 0. The molecule has 0 aromatic carbocycles. The Balaban J connectivity index is 1.25. The van der Waals surface area contributed by atoms with E-state index >= 15 is 0 Å². The Labute approximate surface area is 169 Å². The number of anilines is 1. The van der Waals surface area contributed by atoms with Crippen molar-refractivity contribution in [1.82, 2.24) is 24.6 Å². The van der Waals surface area contributed by atoms with Crippen LogP contribution in [0.25, 0.3) is 0 Å². The minimum atomic E-state index is -0.590. The summed E-state index contributed by atoms with van der Waals surface area (Å²) in [5.74, 6) is 1.93. The minimum absolute atomic E-state index is 0.0476. The van der Waals surface area contributed by atoms with Crippen LogP contribution in [-0.2, 0) is 4.79 Å². The van der Waals surface area contributed by atoms with Gasteiger partial charge in [0, 0.05) is 55.8 Å². The Bertz CT molecular complexity index is 973. The van der Waals surface area contributed by atoms with Gasteiger partial charge in [-0.05, 0) is 38.7 Å². The monoisotopic (exact) mass is 394 g/mol.